The Morgan fingerprint density at radius 1 is 1.17 bits per heavy atom. The summed E-state index contributed by atoms with van der Waals surface area (Å²) in [6.07, 6.45) is 11.4. The van der Waals surface area contributed by atoms with Gasteiger partial charge in [0, 0.05) is 6.20 Å². The van der Waals surface area contributed by atoms with Gasteiger partial charge in [-0.3, -0.25) is 5.73 Å². The molecule has 0 bridgehead atoms. The van der Waals surface area contributed by atoms with Crippen LogP contribution in [0.4, 0.5) is 0 Å². The number of hydrogen-bond acceptors (Lipinski definition) is 4. The zero-order chi connectivity index (χ0) is 16.6. The molecule has 3 aliphatic rings. The van der Waals surface area contributed by atoms with Crippen molar-refractivity contribution in [2.45, 2.75) is 51.5 Å². The van der Waals surface area contributed by atoms with E-state index in [0.29, 0.717) is 5.92 Å². The van der Waals surface area contributed by atoms with Crippen LogP contribution in [0, 0.1) is 17.3 Å². The molecule has 2 fully saturated rings. The largest absolute Gasteiger partial charge is 0.348 e. The highest BCUT2D eigenvalue weighted by molar-refractivity contribution is 7.07. The molecule has 0 aromatic carbocycles. The molecule has 4 unspecified atom stereocenters. The van der Waals surface area contributed by atoms with E-state index in [9.17, 15) is 0 Å². The average Bonchev–Trinajstić information content (AvgIpc) is 2.93. The standard InChI is InChI=1S/C15H24N2O.C4H4S/c1-11-6-7-12-13(2,3)14(12,10-11)18-15(16)8-4-5-9-17-15;1-2-4-5-3-1/h4-5,8-9,11-12,17H,6-7,10,16H2,1-3H3;1-4H. The number of nitrogens with one attached hydrogen (secondary N) is 1. The van der Waals surface area contributed by atoms with Gasteiger partial charge in [0.25, 0.3) is 0 Å². The fourth-order valence-electron chi connectivity index (χ4n) is 4.31. The van der Waals surface area contributed by atoms with Crippen LogP contribution in [-0.2, 0) is 4.74 Å². The summed E-state index contributed by atoms with van der Waals surface area (Å²) in [5.41, 5.74) is 6.51. The highest BCUT2D eigenvalue weighted by Crippen LogP contribution is 2.71. The zero-order valence-corrected chi connectivity index (χ0v) is 15.1. The zero-order valence-electron chi connectivity index (χ0n) is 14.3. The van der Waals surface area contributed by atoms with Crippen LogP contribution in [0.25, 0.3) is 0 Å². The summed E-state index contributed by atoms with van der Waals surface area (Å²) in [6.45, 7) is 6.96. The summed E-state index contributed by atoms with van der Waals surface area (Å²) >= 11 is 1.71. The third kappa shape index (κ3) is 3.12. The number of allylic oxidation sites excluding steroid dienone is 2. The fourth-order valence-corrected chi connectivity index (χ4v) is 4.76. The third-order valence-corrected chi connectivity index (χ3v) is 6.31. The minimum Gasteiger partial charge on any atom is -0.348 e. The molecule has 2 heterocycles. The molecule has 0 amide bonds. The van der Waals surface area contributed by atoms with Gasteiger partial charge in [0.2, 0.25) is 5.85 Å². The van der Waals surface area contributed by atoms with Crippen LogP contribution in [0.2, 0.25) is 0 Å². The van der Waals surface area contributed by atoms with Gasteiger partial charge in [0.1, 0.15) is 0 Å². The molecule has 0 saturated heterocycles. The molecule has 4 rings (SSSR count). The van der Waals surface area contributed by atoms with Crippen molar-refractivity contribution in [3.8, 4) is 0 Å². The van der Waals surface area contributed by atoms with Crippen LogP contribution >= 0.6 is 11.3 Å². The van der Waals surface area contributed by atoms with Gasteiger partial charge in [-0.15, -0.1) is 0 Å². The number of ether oxygens (including phenoxy) is 1. The Bertz CT molecular complexity index is 563. The van der Waals surface area contributed by atoms with Crippen LogP contribution in [0.1, 0.15) is 40.0 Å². The maximum atomic E-state index is 6.40. The smallest absolute Gasteiger partial charge is 0.213 e. The van der Waals surface area contributed by atoms with Gasteiger partial charge in [-0.1, -0.05) is 45.4 Å². The minimum absolute atomic E-state index is 0.0397. The van der Waals surface area contributed by atoms with E-state index in [2.05, 4.69) is 26.1 Å². The van der Waals surface area contributed by atoms with Gasteiger partial charge < -0.3 is 10.1 Å². The van der Waals surface area contributed by atoms with Gasteiger partial charge in [0.05, 0.1) is 5.60 Å². The first-order valence-electron chi connectivity index (χ1n) is 8.48. The Balaban J connectivity index is 0.000000267. The van der Waals surface area contributed by atoms with Crippen molar-refractivity contribution < 1.29 is 4.74 Å². The normalized spacial score (nSPS) is 39.7. The molecule has 2 aliphatic carbocycles. The summed E-state index contributed by atoms with van der Waals surface area (Å²) < 4.78 is 6.40. The lowest BCUT2D eigenvalue weighted by atomic mass is 9.88. The predicted octanol–water partition coefficient (Wildman–Crippen LogP) is 4.25. The maximum Gasteiger partial charge on any atom is 0.213 e. The summed E-state index contributed by atoms with van der Waals surface area (Å²) in [4.78, 5) is 0. The topological polar surface area (TPSA) is 47.3 Å². The van der Waals surface area contributed by atoms with E-state index < -0.39 is 5.85 Å². The predicted molar refractivity (Wildman–Crippen MR) is 96.8 cm³/mol. The van der Waals surface area contributed by atoms with E-state index in [1.807, 2.05) is 47.3 Å². The molecule has 1 aliphatic heterocycles. The molecular formula is C19H28N2OS. The highest BCUT2D eigenvalue weighted by atomic mass is 32.1. The number of hydrogen-bond donors (Lipinski definition) is 2. The van der Waals surface area contributed by atoms with Crippen molar-refractivity contribution in [1.82, 2.24) is 5.32 Å². The van der Waals surface area contributed by atoms with Crippen LogP contribution in [0.3, 0.4) is 0 Å². The molecule has 2 saturated carbocycles. The molecule has 3 nitrogen and oxygen atoms in total. The Kier molecular flexibility index (Phi) is 4.43. The van der Waals surface area contributed by atoms with Crippen LogP contribution in [0.5, 0.6) is 0 Å². The summed E-state index contributed by atoms with van der Waals surface area (Å²) in [5.74, 6) is 0.551. The van der Waals surface area contributed by atoms with Gasteiger partial charge in [-0.25, -0.2) is 0 Å². The lowest BCUT2D eigenvalue weighted by Gasteiger charge is -2.37. The van der Waals surface area contributed by atoms with E-state index in [1.165, 1.54) is 12.8 Å². The Morgan fingerprint density at radius 3 is 2.48 bits per heavy atom. The summed E-state index contributed by atoms with van der Waals surface area (Å²) in [6, 6.07) is 4.04. The van der Waals surface area contributed by atoms with E-state index in [0.717, 1.165) is 12.3 Å². The van der Waals surface area contributed by atoms with E-state index in [-0.39, 0.29) is 11.0 Å². The first-order chi connectivity index (χ1) is 10.9. The van der Waals surface area contributed by atoms with Gasteiger partial charge in [-0.2, -0.15) is 11.3 Å². The SMILES string of the molecule is CC1CCC2C(C)(C)C2(OC2(N)C=CC=CN2)C1.c1ccsc1. The quantitative estimate of drug-likeness (QED) is 0.796. The lowest BCUT2D eigenvalue weighted by Crippen LogP contribution is -2.56. The average molecular weight is 333 g/mol. The summed E-state index contributed by atoms with van der Waals surface area (Å²) in [5, 5.41) is 7.22. The van der Waals surface area contributed by atoms with Crippen LogP contribution in [0.15, 0.2) is 47.3 Å². The van der Waals surface area contributed by atoms with Gasteiger partial charge in [0.15, 0.2) is 0 Å². The molecule has 1 aromatic rings. The number of fused-ring (bicyclic) bond motifs is 1. The molecule has 1 aromatic heterocycles. The van der Waals surface area contributed by atoms with Gasteiger partial charge in [-0.05, 0) is 53.0 Å². The number of thiophene rings is 1. The molecular weight excluding hydrogens is 304 g/mol. The molecule has 126 valence electrons. The molecule has 0 spiro atoms. The van der Waals surface area contributed by atoms with Crippen LogP contribution in [-0.4, -0.2) is 11.4 Å². The fraction of sp³-hybridized carbons (Fsp3) is 0.579. The molecule has 4 heteroatoms. The summed E-state index contributed by atoms with van der Waals surface area (Å²) in [7, 11) is 0. The second-order valence-corrected chi connectivity index (χ2v) is 8.42. The Morgan fingerprint density at radius 2 is 1.91 bits per heavy atom. The van der Waals surface area contributed by atoms with Crippen molar-refractivity contribution in [2.24, 2.45) is 23.0 Å². The first kappa shape index (κ1) is 16.7. The second-order valence-electron chi connectivity index (χ2n) is 7.60. The number of dihydropyridines is 1. The van der Waals surface area contributed by atoms with Crippen molar-refractivity contribution in [2.75, 3.05) is 0 Å². The molecule has 23 heavy (non-hydrogen) atoms. The van der Waals surface area contributed by atoms with Crippen molar-refractivity contribution >= 4 is 11.3 Å². The van der Waals surface area contributed by atoms with Crippen molar-refractivity contribution in [1.29, 1.82) is 0 Å². The van der Waals surface area contributed by atoms with Crippen LogP contribution < -0.4 is 11.1 Å². The minimum atomic E-state index is -0.835. The number of nitrogens with two attached hydrogens (primary N) is 1. The lowest BCUT2D eigenvalue weighted by molar-refractivity contribution is -0.124. The maximum absolute atomic E-state index is 6.40. The molecule has 4 atom stereocenters. The monoisotopic (exact) mass is 332 g/mol. The Hall–Kier alpha value is -1.10. The Labute approximate surface area is 143 Å². The van der Waals surface area contributed by atoms with E-state index in [1.54, 1.807) is 11.3 Å². The van der Waals surface area contributed by atoms with E-state index in [4.69, 9.17) is 10.5 Å². The second kappa shape index (κ2) is 6.08. The van der Waals surface area contributed by atoms with Crippen molar-refractivity contribution in [3.05, 3.63) is 47.3 Å². The first-order valence-corrected chi connectivity index (χ1v) is 9.42. The van der Waals surface area contributed by atoms with Crippen molar-refractivity contribution in [3.63, 3.8) is 0 Å². The molecule has 3 N–H and O–H groups in total. The van der Waals surface area contributed by atoms with Gasteiger partial charge >= 0.3 is 0 Å². The highest BCUT2D eigenvalue weighted by Gasteiger charge is 2.74. The number of rotatable bonds is 2. The molecule has 0 radical (unpaired) electrons. The third-order valence-electron chi connectivity index (χ3n) is 5.68. The van der Waals surface area contributed by atoms with E-state index >= 15 is 0 Å².